The first-order valence-electron chi connectivity index (χ1n) is 6.26. The number of halogens is 1. The van der Waals surface area contributed by atoms with Gasteiger partial charge in [-0.05, 0) is 24.4 Å². The molecule has 2 aromatic heterocycles. The molecule has 0 radical (unpaired) electrons. The van der Waals surface area contributed by atoms with Crippen LogP contribution in [0.15, 0.2) is 12.4 Å². The molecule has 100 valence electrons. The fourth-order valence-electron chi connectivity index (χ4n) is 2.62. The molecule has 1 fully saturated rings. The lowest BCUT2D eigenvalue weighted by atomic mass is 10.2. The smallest absolute Gasteiger partial charge is 0.224 e. The van der Waals surface area contributed by atoms with E-state index in [0.29, 0.717) is 6.54 Å². The Bertz CT molecular complexity index is 626. The molecule has 1 aliphatic heterocycles. The number of nitrogens with zero attached hydrogens (tertiary/aromatic N) is 5. The standard InChI is InChI=1S/C12H14ClN5O/c1-8(19)17-4-2-3-10(17)7-18-11-9(6-15-18)5-14-12(13)16-11/h5-6,10H,2-4,7H2,1H3/t10-/m0/s1. The first-order valence-corrected chi connectivity index (χ1v) is 6.64. The molecular weight excluding hydrogens is 266 g/mol. The molecule has 1 saturated heterocycles. The first kappa shape index (κ1) is 12.3. The molecule has 2 aromatic rings. The monoisotopic (exact) mass is 279 g/mol. The Kier molecular flexibility index (Phi) is 3.10. The van der Waals surface area contributed by atoms with E-state index in [0.717, 1.165) is 30.4 Å². The van der Waals surface area contributed by atoms with Crippen molar-refractivity contribution in [2.45, 2.75) is 32.4 Å². The van der Waals surface area contributed by atoms with Crippen LogP contribution in [0.1, 0.15) is 19.8 Å². The Morgan fingerprint density at radius 3 is 3.16 bits per heavy atom. The van der Waals surface area contributed by atoms with E-state index in [2.05, 4.69) is 15.1 Å². The van der Waals surface area contributed by atoms with Crippen molar-refractivity contribution in [3.8, 4) is 0 Å². The van der Waals surface area contributed by atoms with E-state index in [4.69, 9.17) is 11.6 Å². The third-order valence-corrected chi connectivity index (χ3v) is 3.69. The van der Waals surface area contributed by atoms with Crippen molar-refractivity contribution in [1.82, 2.24) is 24.6 Å². The van der Waals surface area contributed by atoms with Gasteiger partial charge in [0.1, 0.15) is 0 Å². The SMILES string of the molecule is CC(=O)N1CCC[C@H]1Cn1ncc2cnc(Cl)nc21. The number of hydrogen-bond acceptors (Lipinski definition) is 4. The Balaban J connectivity index is 1.89. The zero-order valence-electron chi connectivity index (χ0n) is 10.6. The number of carbonyl (C=O) groups excluding carboxylic acids is 1. The van der Waals surface area contributed by atoms with Crippen LogP contribution in [0.5, 0.6) is 0 Å². The van der Waals surface area contributed by atoms with Gasteiger partial charge in [0.25, 0.3) is 0 Å². The Morgan fingerprint density at radius 2 is 2.37 bits per heavy atom. The van der Waals surface area contributed by atoms with Gasteiger partial charge in [-0.2, -0.15) is 10.1 Å². The average molecular weight is 280 g/mol. The Hall–Kier alpha value is -1.69. The van der Waals surface area contributed by atoms with Crippen LogP contribution in [-0.2, 0) is 11.3 Å². The number of carbonyl (C=O) groups is 1. The van der Waals surface area contributed by atoms with Gasteiger partial charge in [-0.25, -0.2) is 9.67 Å². The van der Waals surface area contributed by atoms with E-state index in [9.17, 15) is 4.79 Å². The maximum atomic E-state index is 11.6. The zero-order valence-corrected chi connectivity index (χ0v) is 11.3. The van der Waals surface area contributed by atoms with Gasteiger partial charge in [0.15, 0.2) is 5.65 Å². The molecule has 0 bridgehead atoms. The van der Waals surface area contributed by atoms with Crippen molar-refractivity contribution in [2.24, 2.45) is 0 Å². The molecule has 7 heteroatoms. The summed E-state index contributed by atoms with van der Waals surface area (Å²) >= 11 is 5.82. The van der Waals surface area contributed by atoms with Gasteiger partial charge >= 0.3 is 0 Å². The molecule has 0 aliphatic carbocycles. The van der Waals surface area contributed by atoms with Gasteiger partial charge in [-0.3, -0.25) is 4.79 Å². The van der Waals surface area contributed by atoms with E-state index in [1.165, 1.54) is 0 Å². The van der Waals surface area contributed by atoms with E-state index in [1.807, 2.05) is 4.90 Å². The van der Waals surface area contributed by atoms with Gasteiger partial charge in [-0.15, -0.1) is 0 Å². The lowest BCUT2D eigenvalue weighted by molar-refractivity contribution is -0.129. The minimum Gasteiger partial charge on any atom is -0.338 e. The summed E-state index contributed by atoms with van der Waals surface area (Å²) in [5, 5.41) is 5.38. The average Bonchev–Trinajstić information content (AvgIpc) is 2.97. The van der Waals surface area contributed by atoms with Crippen LogP contribution < -0.4 is 0 Å². The lowest BCUT2D eigenvalue weighted by Gasteiger charge is -2.23. The highest BCUT2D eigenvalue weighted by Crippen LogP contribution is 2.20. The number of amides is 1. The minimum atomic E-state index is 0.117. The summed E-state index contributed by atoms with van der Waals surface area (Å²) < 4.78 is 1.80. The van der Waals surface area contributed by atoms with Crippen molar-refractivity contribution >= 4 is 28.5 Å². The van der Waals surface area contributed by atoms with E-state index in [1.54, 1.807) is 24.0 Å². The van der Waals surface area contributed by atoms with Crippen LogP contribution in [0.2, 0.25) is 5.28 Å². The maximum absolute atomic E-state index is 11.6. The molecule has 0 N–H and O–H groups in total. The zero-order chi connectivity index (χ0) is 13.4. The Labute approximate surface area is 115 Å². The van der Waals surface area contributed by atoms with Crippen molar-refractivity contribution < 1.29 is 4.79 Å². The van der Waals surface area contributed by atoms with Crippen molar-refractivity contribution in [1.29, 1.82) is 0 Å². The largest absolute Gasteiger partial charge is 0.338 e. The Morgan fingerprint density at radius 1 is 1.53 bits per heavy atom. The van der Waals surface area contributed by atoms with Gasteiger partial charge in [-0.1, -0.05) is 0 Å². The predicted molar refractivity (Wildman–Crippen MR) is 70.7 cm³/mol. The number of likely N-dealkylation sites (tertiary alicyclic amines) is 1. The van der Waals surface area contributed by atoms with Gasteiger partial charge in [0.2, 0.25) is 11.2 Å². The van der Waals surface area contributed by atoms with Gasteiger partial charge < -0.3 is 4.90 Å². The summed E-state index contributed by atoms with van der Waals surface area (Å²) in [7, 11) is 0. The highest BCUT2D eigenvalue weighted by molar-refractivity contribution is 6.28. The number of fused-ring (bicyclic) bond motifs is 1. The maximum Gasteiger partial charge on any atom is 0.224 e. The fraction of sp³-hybridized carbons (Fsp3) is 0.500. The summed E-state index contributed by atoms with van der Waals surface area (Å²) in [6.45, 7) is 3.09. The number of rotatable bonds is 2. The summed E-state index contributed by atoms with van der Waals surface area (Å²) in [5.41, 5.74) is 0.718. The normalized spacial score (nSPS) is 19.3. The second-order valence-electron chi connectivity index (χ2n) is 4.75. The molecule has 3 rings (SSSR count). The summed E-state index contributed by atoms with van der Waals surface area (Å²) in [5.74, 6) is 0.117. The van der Waals surface area contributed by atoms with Crippen LogP contribution in [0.25, 0.3) is 11.0 Å². The second-order valence-corrected chi connectivity index (χ2v) is 5.09. The van der Waals surface area contributed by atoms with Gasteiger partial charge in [0, 0.05) is 19.7 Å². The molecule has 0 aromatic carbocycles. The summed E-state index contributed by atoms with van der Waals surface area (Å²) in [6.07, 6.45) is 5.42. The van der Waals surface area contributed by atoms with Crippen LogP contribution in [0.4, 0.5) is 0 Å². The third kappa shape index (κ3) is 2.28. The highest BCUT2D eigenvalue weighted by Gasteiger charge is 2.27. The van der Waals surface area contributed by atoms with E-state index >= 15 is 0 Å². The fourth-order valence-corrected chi connectivity index (χ4v) is 2.75. The summed E-state index contributed by atoms with van der Waals surface area (Å²) in [4.78, 5) is 21.6. The molecule has 0 saturated carbocycles. The quantitative estimate of drug-likeness (QED) is 0.782. The molecule has 1 amide bonds. The molecule has 1 atom stereocenters. The molecule has 3 heterocycles. The molecule has 0 unspecified atom stereocenters. The van der Waals surface area contributed by atoms with Crippen molar-refractivity contribution in [3.05, 3.63) is 17.7 Å². The minimum absolute atomic E-state index is 0.117. The van der Waals surface area contributed by atoms with Crippen LogP contribution >= 0.6 is 11.6 Å². The summed E-state index contributed by atoms with van der Waals surface area (Å²) in [6, 6.07) is 0.189. The highest BCUT2D eigenvalue weighted by atomic mass is 35.5. The number of hydrogen-bond donors (Lipinski definition) is 0. The molecule has 1 aliphatic rings. The van der Waals surface area contributed by atoms with Gasteiger partial charge in [0.05, 0.1) is 24.2 Å². The van der Waals surface area contributed by atoms with Crippen LogP contribution in [-0.4, -0.2) is 43.1 Å². The second kappa shape index (κ2) is 4.77. The molecule has 19 heavy (non-hydrogen) atoms. The molecule has 0 spiro atoms. The predicted octanol–water partition coefficient (Wildman–Crippen LogP) is 1.49. The van der Waals surface area contributed by atoms with E-state index in [-0.39, 0.29) is 17.2 Å². The lowest BCUT2D eigenvalue weighted by Crippen LogP contribution is -2.36. The topological polar surface area (TPSA) is 63.9 Å². The molecular formula is C12H14ClN5O. The van der Waals surface area contributed by atoms with E-state index < -0.39 is 0 Å². The van der Waals surface area contributed by atoms with Crippen molar-refractivity contribution in [3.63, 3.8) is 0 Å². The van der Waals surface area contributed by atoms with Crippen molar-refractivity contribution in [2.75, 3.05) is 6.54 Å². The molecule has 6 nitrogen and oxygen atoms in total. The third-order valence-electron chi connectivity index (χ3n) is 3.51. The number of aromatic nitrogens is 4. The first-order chi connectivity index (χ1) is 9.15. The van der Waals surface area contributed by atoms with Crippen LogP contribution in [0, 0.1) is 0 Å². The van der Waals surface area contributed by atoms with Crippen LogP contribution in [0.3, 0.4) is 0 Å².